The quantitative estimate of drug-likeness (QED) is 0.621. The maximum atomic E-state index is 13.2. The van der Waals surface area contributed by atoms with Crippen molar-refractivity contribution in [2.45, 2.75) is 31.3 Å². The van der Waals surface area contributed by atoms with E-state index in [0.29, 0.717) is 0 Å². The van der Waals surface area contributed by atoms with Gasteiger partial charge in [0.05, 0.1) is 10.5 Å². The van der Waals surface area contributed by atoms with E-state index in [-0.39, 0.29) is 5.56 Å². The van der Waals surface area contributed by atoms with Crippen molar-refractivity contribution in [3.05, 3.63) is 29.6 Å². The van der Waals surface area contributed by atoms with Crippen molar-refractivity contribution < 1.29 is 22.3 Å². The molecule has 0 N–H and O–H groups in total. The Morgan fingerprint density at radius 2 is 1.83 bits per heavy atom. The number of halogens is 2. The molecule has 0 fully saturated rings. The molecule has 4 nitrogen and oxygen atoms in total. The zero-order chi connectivity index (χ0) is 14.1. The van der Waals surface area contributed by atoms with Crippen LogP contribution in [0.4, 0.5) is 4.39 Å². The third kappa shape index (κ3) is 4.27. The van der Waals surface area contributed by atoms with Gasteiger partial charge in [0, 0.05) is 10.7 Å². The first kappa shape index (κ1) is 14.9. The lowest BCUT2D eigenvalue weighted by molar-refractivity contribution is 0.00687. The van der Waals surface area contributed by atoms with Crippen LogP contribution in [0.2, 0.25) is 0 Å². The summed E-state index contributed by atoms with van der Waals surface area (Å²) in [6, 6.07) is 2.59. The molecule has 0 aromatic heterocycles. The van der Waals surface area contributed by atoms with Gasteiger partial charge < -0.3 is 4.74 Å². The fourth-order valence-corrected chi connectivity index (χ4v) is 1.95. The first-order valence-electron chi connectivity index (χ1n) is 4.98. The standard InChI is InChI=1S/C11H12ClFO4S/c1-11(2,3)17-10(14)7-4-8(13)6-9(5-7)18(12,15)16/h4-6H,1-3H3. The van der Waals surface area contributed by atoms with Crippen molar-refractivity contribution in [3.63, 3.8) is 0 Å². The normalized spacial score (nSPS) is 12.3. The summed E-state index contributed by atoms with van der Waals surface area (Å²) in [4.78, 5) is 11.2. The zero-order valence-corrected chi connectivity index (χ0v) is 11.6. The average molecular weight is 295 g/mol. The highest BCUT2D eigenvalue weighted by molar-refractivity contribution is 8.13. The van der Waals surface area contributed by atoms with Crippen molar-refractivity contribution in [1.29, 1.82) is 0 Å². The summed E-state index contributed by atoms with van der Waals surface area (Å²) in [5, 5.41) is 0. The van der Waals surface area contributed by atoms with Crippen LogP contribution in [0.1, 0.15) is 31.1 Å². The Bertz CT molecular complexity index is 575. The molecule has 100 valence electrons. The minimum atomic E-state index is -4.10. The number of hydrogen-bond donors (Lipinski definition) is 0. The van der Waals surface area contributed by atoms with Crippen molar-refractivity contribution in [2.24, 2.45) is 0 Å². The molecule has 0 amide bonds. The third-order valence-corrected chi connectivity index (χ3v) is 3.12. The molecule has 0 saturated heterocycles. The zero-order valence-electron chi connectivity index (χ0n) is 10.0. The molecule has 7 heteroatoms. The lowest BCUT2D eigenvalue weighted by atomic mass is 10.1. The van der Waals surface area contributed by atoms with Crippen molar-refractivity contribution >= 4 is 25.7 Å². The van der Waals surface area contributed by atoms with Gasteiger partial charge in [-0.1, -0.05) is 0 Å². The topological polar surface area (TPSA) is 60.4 Å². The van der Waals surface area contributed by atoms with E-state index in [1.165, 1.54) is 0 Å². The summed E-state index contributed by atoms with van der Waals surface area (Å²) < 4.78 is 40.4. The maximum Gasteiger partial charge on any atom is 0.338 e. The molecule has 0 aliphatic heterocycles. The fourth-order valence-electron chi connectivity index (χ4n) is 1.16. The molecule has 0 aliphatic rings. The number of esters is 1. The van der Waals surface area contributed by atoms with Gasteiger partial charge in [-0.25, -0.2) is 17.6 Å². The highest BCUT2D eigenvalue weighted by atomic mass is 35.7. The maximum absolute atomic E-state index is 13.2. The van der Waals surface area contributed by atoms with E-state index < -0.39 is 31.3 Å². The minimum Gasteiger partial charge on any atom is -0.456 e. The van der Waals surface area contributed by atoms with Crippen LogP contribution in [-0.2, 0) is 13.8 Å². The highest BCUT2D eigenvalue weighted by Crippen LogP contribution is 2.20. The second-order valence-corrected chi connectivity index (χ2v) is 7.18. The Kier molecular flexibility index (Phi) is 4.02. The van der Waals surface area contributed by atoms with E-state index in [0.717, 1.165) is 18.2 Å². The van der Waals surface area contributed by atoms with Crippen LogP contribution in [0.25, 0.3) is 0 Å². The molecule has 0 aliphatic carbocycles. The molecule has 18 heavy (non-hydrogen) atoms. The average Bonchev–Trinajstić information content (AvgIpc) is 2.12. The van der Waals surface area contributed by atoms with Gasteiger partial charge in [0.1, 0.15) is 11.4 Å². The van der Waals surface area contributed by atoms with Crippen LogP contribution >= 0.6 is 10.7 Å². The SMILES string of the molecule is CC(C)(C)OC(=O)c1cc(F)cc(S(=O)(=O)Cl)c1. The molecule has 0 spiro atoms. The number of hydrogen-bond acceptors (Lipinski definition) is 4. The highest BCUT2D eigenvalue weighted by Gasteiger charge is 2.21. The Morgan fingerprint density at radius 3 is 2.28 bits per heavy atom. The van der Waals surface area contributed by atoms with E-state index in [9.17, 15) is 17.6 Å². The van der Waals surface area contributed by atoms with Gasteiger partial charge >= 0.3 is 5.97 Å². The third-order valence-electron chi connectivity index (χ3n) is 1.79. The Balaban J connectivity index is 3.19. The molecule has 0 unspecified atom stereocenters. The summed E-state index contributed by atoms with van der Waals surface area (Å²) >= 11 is 0. The van der Waals surface area contributed by atoms with E-state index in [2.05, 4.69) is 0 Å². The number of carbonyl (C=O) groups is 1. The molecular weight excluding hydrogens is 283 g/mol. The van der Waals surface area contributed by atoms with Crippen LogP contribution in [0.15, 0.2) is 23.1 Å². The first-order valence-corrected chi connectivity index (χ1v) is 7.28. The van der Waals surface area contributed by atoms with Gasteiger partial charge in [-0.15, -0.1) is 0 Å². The van der Waals surface area contributed by atoms with E-state index in [1.54, 1.807) is 20.8 Å². The van der Waals surface area contributed by atoms with Gasteiger partial charge in [0.15, 0.2) is 0 Å². The summed E-state index contributed by atoms with van der Waals surface area (Å²) in [6.45, 7) is 4.93. The Labute approximate surface area is 109 Å². The van der Waals surface area contributed by atoms with Crippen molar-refractivity contribution in [1.82, 2.24) is 0 Å². The predicted octanol–water partition coefficient (Wildman–Crippen LogP) is 2.71. The Morgan fingerprint density at radius 1 is 1.28 bits per heavy atom. The second kappa shape index (κ2) is 4.85. The van der Waals surface area contributed by atoms with Gasteiger partial charge in [-0.2, -0.15) is 0 Å². The number of benzene rings is 1. The lowest BCUT2D eigenvalue weighted by Crippen LogP contribution is -2.24. The molecular formula is C11H12ClFO4S. The summed E-state index contributed by atoms with van der Waals surface area (Å²) in [7, 11) is 0.993. The number of rotatable bonds is 2. The fraction of sp³-hybridized carbons (Fsp3) is 0.364. The summed E-state index contributed by atoms with van der Waals surface area (Å²) in [6.07, 6.45) is 0. The number of ether oxygens (including phenoxy) is 1. The first-order chi connectivity index (χ1) is 7.99. The molecule has 0 atom stereocenters. The van der Waals surface area contributed by atoms with Crippen LogP contribution in [0.3, 0.4) is 0 Å². The minimum absolute atomic E-state index is 0.204. The van der Waals surface area contributed by atoms with Crippen molar-refractivity contribution in [2.75, 3.05) is 0 Å². The predicted molar refractivity (Wildman–Crippen MR) is 64.6 cm³/mol. The van der Waals surface area contributed by atoms with Crippen LogP contribution in [0.5, 0.6) is 0 Å². The lowest BCUT2D eigenvalue weighted by Gasteiger charge is -2.19. The molecule has 1 aromatic rings. The van der Waals surface area contributed by atoms with Crippen molar-refractivity contribution in [3.8, 4) is 0 Å². The van der Waals surface area contributed by atoms with Gasteiger partial charge in [0.25, 0.3) is 9.05 Å². The van der Waals surface area contributed by atoms with Crippen LogP contribution in [0, 0.1) is 5.82 Å². The molecule has 1 aromatic carbocycles. The van der Waals surface area contributed by atoms with E-state index >= 15 is 0 Å². The van der Waals surface area contributed by atoms with Gasteiger partial charge in [-0.3, -0.25) is 0 Å². The van der Waals surface area contributed by atoms with Gasteiger partial charge in [-0.05, 0) is 39.0 Å². The summed E-state index contributed by atoms with van der Waals surface area (Å²) in [5.41, 5.74) is -0.965. The van der Waals surface area contributed by atoms with Gasteiger partial charge in [0.2, 0.25) is 0 Å². The monoisotopic (exact) mass is 294 g/mol. The second-order valence-electron chi connectivity index (χ2n) is 4.62. The van der Waals surface area contributed by atoms with E-state index in [4.69, 9.17) is 15.4 Å². The molecule has 0 radical (unpaired) electrons. The molecule has 0 saturated carbocycles. The molecule has 1 rings (SSSR count). The Hall–Kier alpha value is -1.14. The van der Waals surface area contributed by atoms with Crippen LogP contribution in [-0.4, -0.2) is 20.0 Å². The molecule has 0 bridgehead atoms. The van der Waals surface area contributed by atoms with E-state index in [1.807, 2.05) is 0 Å². The smallest absolute Gasteiger partial charge is 0.338 e. The van der Waals surface area contributed by atoms with Crippen LogP contribution < -0.4 is 0 Å². The largest absolute Gasteiger partial charge is 0.456 e. The number of carbonyl (C=O) groups excluding carboxylic acids is 1. The molecule has 0 heterocycles. The summed E-state index contributed by atoms with van der Waals surface area (Å²) in [5.74, 6) is -1.69.